The molecule has 0 spiro atoms. The van der Waals surface area contributed by atoms with Crippen molar-refractivity contribution in [1.82, 2.24) is 15.1 Å². The summed E-state index contributed by atoms with van der Waals surface area (Å²) in [6.45, 7) is 2.83. The third-order valence-electron chi connectivity index (χ3n) is 5.67. The number of aryl methyl sites for hydroxylation is 2. The van der Waals surface area contributed by atoms with Crippen LogP contribution >= 0.6 is 0 Å². The van der Waals surface area contributed by atoms with E-state index in [4.69, 9.17) is 5.26 Å². The smallest absolute Gasteiger partial charge is 0.262 e. The second kappa shape index (κ2) is 7.23. The van der Waals surface area contributed by atoms with E-state index >= 15 is 0 Å². The number of likely N-dealkylation sites (N-methyl/N-ethyl adjacent to an activating group) is 1. The molecule has 0 amide bonds. The highest BCUT2D eigenvalue weighted by Gasteiger charge is 2.42. The maximum Gasteiger partial charge on any atom is 0.262 e. The summed E-state index contributed by atoms with van der Waals surface area (Å²) in [6.07, 6.45) is 1.45. The summed E-state index contributed by atoms with van der Waals surface area (Å²) in [5.41, 5.74) is 3.12. The summed E-state index contributed by atoms with van der Waals surface area (Å²) in [5.74, 6) is -2.08. The number of alkyl halides is 2. The Bertz CT molecular complexity index is 965. The minimum absolute atomic E-state index is 0.0167. The second-order valence-electron chi connectivity index (χ2n) is 8.09. The molecule has 8 heteroatoms. The number of hydrogen-bond donors (Lipinski definition) is 1. The van der Waals surface area contributed by atoms with Crippen molar-refractivity contribution in [1.29, 1.82) is 5.26 Å². The summed E-state index contributed by atoms with van der Waals surface area (Å²) in [4.78, 5) is 3.63. The van der Waals surface area contributed by atoms with Gasteiger partial charge in [0.2, 0.25) is 0 Å². The molecule has 152 valence electrons. The molecule has 1 aromatic carbocycles. The molecule has 1 atom stereocenters. The summed E-state index contributed by atoms with van der Waals surface area (Å²) in [6, 6.07) is 6.70. The van der Waals surface area contributed by atoms with Crippen molar-refractivity contribution in [2.45, 2.75) is 38.2 Å². The van der Waals surface area contributed by atoms with Gasteiger partial charge in [0.05, 0.1) is 23.9 Å². The minimum Gasteiger partial charge on any atom is -0.507 e. The van der Waals surface area contributed by atoms with E-state index < -0.39 is 5.92 Å². The number of rotatable bonds is 2. The molecule has 1 fully saturated rings. The zero-order chi connectivity index (χ0) is 20.8. The van der Waals surface area contributed by atoms with Crippen molar-refractivity contribution in [3.8, 4) is 23.1 Å². The monoisotopic (exact) mass is 399 g/mol. The molecule has 1 saturated heterocycles. The number of anilines is 1. The zero-order valence-electron chi connectivity index (χ0n) is 16.5. The number of nitrogens with zero attached hydrogens (tertiary/aromatic N) is 5. The number of nitriles is 1. The average molecular weight is 399 g/mol. The van der Waals surface area contributed by atoms with Gasteiger partial charge >= 0.3 is 0 Å². The lowest BCUT2D eigenvalue weighted by Gasteiger charge is -2.43. The summed E-state index contributed by atoms with van der Waals surface area (Å²) >= 11 is 0. The maximum absolute atomic E-state index is 14.1. The van der Waals surface area contributed by atoms with Gasteiger partial charge in [-0.2, -0.15) is 5.26 Å². The van der Waals surface area contributed by atoms with Crippen LogP contribution in [0.25, 0.3) is 11.3 Å². The first-order valence-electron chi connectivity index (χ1n) is 9.71. The van der Waals surface area contributed by atoms with E-state index in [9.17, 15) is 13.9 Å². The molecule has 3 heterocycles. The number of fused-ring (bicyclic) bond motifs is 1. The van der Waals surface area contributed by atoms with Gasteiger partial charge in [-0.1, -0.05) is 0 Å². The first-order valence-corrected chi connectivity index (χ1v) is 9.71. The highest BCUT2D eigenvalue weighted by Crippen LogP contribution is 2.37. The van der Waals surface area contributed by atoms with Gasteiger partial charge in [-0.15, -0.1) is 10.2 Å². The molecule has 1 N–H and O–H groups in total. The van der Waals surface area contributed by atoms with Crippen LogP contribution in [0.15, 0.2) is 18.2 Å². The van der Waals surface area contributed by atoms with Gasteiger partial charge in [-0.25, -0.2) is 8.78 Å². The highest BCUT2D eigenvalue weighted by molar-refractivity contribution is 5.73. The molecule has 2 aliphatic rings. The normalized spacial score (nSPS) is 21.5. The predicted octanol–water partition coefficient (Wildman–Crippen LogP) is 3.12. The van der Waals surface area contributed by atoms with Gasteiger partial charge in [-0.05, 0) is 56.1 Å². The number of benzene rings is 1. The first-order chi connectivity index (χ1) is 13.8. The van der Waals surface area contributed by atoms with Crippen molar-refractivity contribution in [2.24, 2.45) is 0 Å². The van der Waals surface area contributed by atoms with Gasteiger partial charge in [0.1, 0.15) is 5.75 Å². The Hall–Kier alpha value is -2.79. The number of hydrogen-bond acceptors (Lipinski definition) is 6. The second-order valence-corrected chi connectivity index (χ2v) is 8.09. The van der Waals surface area contributed by atoms with Crippen LogP contribution in [0.3, 0.4) is 0 Å². The summed E-state index contributed by atoms with van der Waals surface area (Å²) in [7, 11) is 1.72. The standard InChI is InChI=1S/C21H23F2N5O/c1-13-6-14(10-24)7-18(29)19(13)17-8-15-4-3-5-28(20(15)26-25-17)16-9-21(22,23)12-27(2)11-16/h6-8,16,29H,3-5,9,11-12H2,1-2H3. The fraction of sp³-hybridized carbons (Fsp3) is 0.476. The predicted molar refractivity (Wildman–Crippen MR) is 105 cm³/mol. The molecule has 4 rings (SSSR count). The Morgan fingerprint density at radius 3 is 2.76 bits per heavy atom. The summed E-state index contributed by atoms with van der Waals surface area (Å²) < 4.78 is 28.2. The molecule has 2 aliphatic heterocycles. The molecule has 29 heavy (non-hydrogen) atoms. The van der Waals surface area contributed by atoms with E-state index in [1.54, 1.807) is 18.0 Å². The van der Waals surface area contributed by atoms with Crippen molar-refractivity contribution in [3.63, 3.8) is 0 Å². The number of aromatic nitrogens is 2. The molecule has 0 bridgehead atoms. The number of aromatic hydroxyl groups is 1. The molecule has 1 aromatic heterocycles. The Morgan fingerprint density at radius 2 is 2.07 bits per heavy atom. The molecule has 2 aromatic rings. The van der Waals surface area contributed by atoms with Crippen molar-refractivity contribution >= 4 is 5.82 Å². The van der Waals surface area contributed by atoms with Gasteiger partial charge in [-0.3, -0.25) is 4.90 Å². The molecule has 6 nitrogen and oxygen atoms in total. The molecule has 0 saturated carbocycles. The number of phenolic OH excluding ortho intramolecular Hbond substituents is 1. The van der Waals surface area contributed by atoms with E-state index in [0.717, 1.165) is 24.0 Å². The van der Waals surface area contributed by atoms with Gasteiger partial charge in [0, 0.05) is 31.1 Å². The van der Waals surface area contributed by atoms with Crippen LogP contribution in [0.4, 0.5) is 14.6 Å². The average Bonchev–Trinajstić information content (AvgIpc) is 2.65. The van der Waals surface area contributed by atoms with Crippen LogP contribution in [0.5, 0.6) is 5.75 Å². The topological polar surface area (TPSA) is 76.3 Å². The number of likely N-dealkylation sites (tertiary alicyclic amines) is 1. The van der Waals surface area contributed by atoms with Crippen LogP contribution in [-0.4, -0.2) is 58.9 Å². The first kappa shape index (κ1) is 19.5. The van der Waals surface area contributed by atoms with Crippen molar-refractivity contribution < 1.29 is 13.9 Å². The molecule has 1 unspecified atom stereocenters. The van der Waals surface area contributed by atoms with Crippen LogP contribution in [0.2, 0.25) is 0 Å². The third-order valence-corrected chi connectivity index (χ3v) is 5.67. The van der Waals surface area contributed by atoms with Crippen LogP contribution in [-0.2, 0) is 6.42 Å². The van der Waals surface area contributed by atoms with E-state index in [2.05, 4.69) is 10.2 Å². The lowest BCUT2D eigenvalue weighted by Crippen LogP contribution is -2.55. The lowest BCUT2D eigenvalue weighted by molar-refractivity contribution is -0.0648. The van der Waals surface area contributed by atoms with Crippen LogP contribution in [0.1, 0.15) is 29.5 Å². The van der Waals surface area contributed by atoms with E-state index in [1.165, 1.54) is 6.07 Å². The van der Waals surface area contributed by atoms with E-state index in [-0.39, 0.29) is 24.8 Å². The van der Waals surface area contributed by atoms with Crippen LogP contribution in [0, 0.1) is 18.3 Å². The SMILES string of the molecule is Cc1cc(C#N)cc(O)c1-c1cc2c(nn1)N(C1CN(C)CC(F)(F)C1)CCC2. The molecular formula is C21H23F2N5O. The number of halogens is 2. The Balaban J connectivity index is 1.69. The molecule has 0 aliphatic carbocycles. The van der Waals surface area contributed by atoms with Gasteiger partial charge < -0.3 is 10.0 Å². The maximum atomic E-state index is 14.1. The third kappa shape index (κ3) is 3.75. The van der Waals surface area contributed by atoms with Crippen molar-refractivity contribution in [2.75, 3.05) is 31.6 Å². The minimum atomic E-state index is -2.71. The fourth-order valence-corrected chi connectivity index (χ4v) is 4.54. The lowest BCUT2D eigenvalue weighted by atomic mass is 9.96. The van der Waals surface area contributed by atoms with Gasteiger partial charge in [0.25, 0.3) is 5.92 Å². The highest BCUT2D eigenvalue weighted by atomic mass is 19.3. The quantitative estimate of drug-likeness (QED) is 0.836. The van der Waals surface area contributed by atoms with Crippen molar-refractivity contribution in [3.05, 3.63) is 34.9 Å². The van der Waals surface area contributed by atoms with E-state index in [0.29, 0.717) is 35.7 Å². The zero-order valence-corrected chi connectivity index (χ0v) is 16.5. The largest absolute Gasteiger partial charge is 0.507 e. The Kier molecular flexibility index (Phi) is 4.87. The Labute approximate surface area is 168 Å². The fourth-order valence-electron chi connectivity index (χ4n) is 4.54. The van der Waals surface area contributed by atoms with Gasteiger partial charge in [0.15, 0.2) is 5.82 Å². The molecular weight excluding hydrogens is 376 g/mol. The summed E-state index contributed by atoms with van der Waals surface area (Å²) in [5, 5.41) is 28.1. The van der Waals surface area contributed by atoms with Crippen LogP contribution < -0.4 is 4.90 Å². The number of phenols is 1. The van der Waals surface area contributed by atoms with E-state index in [1.807, 2.05) is 24.0 Å². The number of piperidine rings is 1. The Morgan fingerprint density at radius 1 is 1.28 bits per heavy atom. The molecule has 0 radical (unpaired) electrons.